The molecule has 8 nitrogen and oxygen atoms in total. The molecular weight excluding hydrogens is 519 g/mol. The first-order valence-corrected chi connectivity index (χ1v) is 10.4. The molecule has 30 heavy (non-hydrogen) atoms. The Labute approximate surface area is 199 Å². The maximum atomic E-state index is 6.19. The first kappa shape index (κ1) is 24.5. The summed E-state index contributed by atoms with van der Waals surface area (Å²) in [5.41, 5.74) is 1.03. The minimum atomic E-state index is 0. The third-order valence-corrected chi connectivity index (χ3v) is 4.98. The summed E-state index contributed by atoms with van der Waals surface area (Å²) in [6, 6.07) is 6.02. The van der Waals surface area contributed by atoms with E-state index in [9.17, 15) is 0 Å². The molecule has 1 unspecified atom stereocenters. The number of nitrogens with zero attached hydrogens (tertiary/aromatic N) is 4. The molecule has 0 spiro atoms. The van der Waals surface area contributed by atoms with Crippen molar-refractivity contribution in [1.82, 2.24) is 20.8 Å². The van der Waals surface area contributed by atoms with Crippen LogP contribution in [0.5, 0.6) is 5.75 Å². The molecule has 0 bridgehead atoms. The predicted molar refractivity (Wildman–Crippen MR) is 131 cm³/mol. The number of methoxy groups -OCH3 is 1. The fraction of sp³-hybridized carbons (Fsp3) is 0.550. The number of aliphatic imine (C=N–C) groups is 1. The summed E-state index contributed by atoms with van der Waals surface area (Å²) in [5.74, 6) is 3.00. The number of ether oxygens (including phenoxy) is 1. The van der Waals surface area contributed by atoms with E-state index < -0.39 is 0 Å². The Balaban J connectivity index is 0.00000320. The molecule has 3 rings (SSSR count). The molecule has 2 heterocycles. The van der Waals surface area contributed by atoms with E-state index in [1.807, 2.05) is 25.1 Å². The third kappa shape index (κ3) is 6.90. The molecule has 0 aliphatic carbocycles. The van der Waals surface area contributed by atoms with Crippen LogP contribution in [0, 0.1) is 6.92 Å². The summed E-state index contributed by atoms with van der Waals surface area (Å²) in [6.07, 6.45) is 2.60. The van der Waals surface area contributed by atoms with Crippen molar-refractivity contribution in [2.75, 3.05) is 38.2 Å². The Hall–Kier alpha value is -1.75. The number of anilines is 1. The van der Waals surface area contributed by atoms with E-state index in [1.54, 1.807) is 7.11 Å². The molecule has 1 aromatic carbocycles. The predicted octanol–water partition coefficient (Wildman–Crippen LogP) is 3.42. The van der Waals surface area contributed by atoms with Crippen LogP contribution < -0.4 is 20.3 Å². The van der Waals surface area contributed by atoms with Crippen molar-refractivity contribution < 1.29 is 9.26 Å². The summed E-state index contributed by atoms with van der Waals surface area (Å²) in [5, 5.41) is 11.4. The maximum absolute atomic E-state index is 6.19. The van der Waals surface area contributed by atoms with Gasteiger partial charge in [-0.3, -0.25) is 4.99 Å². The van der Waals surface area contributed by atoms with E-state index in [1.165, 1.54) is 0 Å². The topological polar surface area (TPSA) is 87.8 Å². The van der Waals surface area contributed by atoms with Gasteiger partial charge >= 0.3 is 0 Å². The molecular formula is C20H30ClIN6O2. The van der Waals surface area contributed by atoms with Gasteiger partial charge in [0.2, 0.25) is 5.89 Å². The highest BCUT2D eigenvalue weighted by Gasteiger charge is 2.25. The number of hydrogen-bond donors (Lipinski definition) is 2. The van der Waals surface area contributed by atoms with Gasteiger partial charge in [-0.1, -0.05) is 16.8 Å². The molecule has 1 saturated heterocycles. The van der Waals surface area contributed by atoms with Crippen molar-refractivity contribution in [2.45, 2.75) is 39.2 Å². The Bertz CT molecular complexity index is 831. The normalized spacial score (nSPS) is 16.3. The quantitative estimate of drug-likeness (QED) is 0.226. The van der Waals surface area contributed by atoms with Crippen LogP contribution in [0.2, 0.25) is 5.02 Å². The van der Waals surface area contributed by atoms with Gasteiger partial charge in [-0.15, -0.1) is 24.0 Å². The monoisotopic (exact) mass is 548 g/mol. The van der Waals surface area contributed by atoms with Crippen LogP contribution in [0.25, 0.3) is 0 Å². The highest BCUT2D eigenvalue weighted by molar-refractivity contribution is 14.0. The first-order chi connectivity index (χ1) is 14.1. The first-order valence-electron chi connectivity index (χ1n) is 10.0. The fourth-order valence-corrected chi connectivity index (χ4v) is 3.55. The highest BCUT2D eigenvalue weighted by Crippen LogP contribution is 2.33. The van der Waals surface area contributed by atoms with E-state index in [4.69, 9.17) is 20.9 Å². The van der Waals surface area contributed by atoms with Gasteiger partial charge in [-0.05, 0) is 44.9 Å². The molecule has 1 atom stereocenters. The number of nitrogens with one attached hydrogen (secondary N) is 2. The molecule has 166 valence electrons. The minimum Gasteiger partial charge on any atom is -0.495 e. The molecule has 2 aromatic rings. The van der Waals surface area contributed by atoms with Gasteiger partial charge in [0.05, 0.1) is 12.8 Å². The third-order valence-electron chi connectivity index (χ3n) is 4.74. The molecule has 0 radical (unpaired) electrons. The second kappa shape index (κ2) is 12.2. The number of halogens is 2. The Morgan fingerprint density at radius 3 is 2.97 bits per heavy atom. The van der Waals surface area contributed by atoms with Crippen molar-refractivity contribution >= 4 is 47.2 Å². The standard InChI is InChI=1S/C20H29ClN6O2.HI/c1-4-22-20(23-10-5-6-19-24-14(2)26-29-19)25-16-9-11-27(13-16)17-12-15(21)7-8-18(17)28-3;/h7-8,12,16H,4-6,9-11,13H2,1-3H3,(H2,22,23,25);1H. The van der Waals surface area contributed by atoms with Crippen LogP contribution in [0.15, 0.2) is 27.7 Å². The summed E-state index contributed by atoms with van der Waals surface area (Å²) in [7, 11) is 1.68. The van der Waals surface area contributed by atoms with E-state index in [0.29, 0.717) is 29.3 Å². The van der Waals surface area contributed by atoms with Gasteiger partial charge < -0.3 is 24.8 Å². The Morgan fingerprint density at radius 1 is 1.43 bits per heavy atom. The van der Waals surface area contributed by atoms with Crippen molar-refractivity contribution in [3.8, 4) is 5.75 Å². The molecule has 0 amide bonds. The Kier molecular flexibility index (Phi) is 9.96. The van der Waals surface area contributed by atoms with E-state index in [-0.39, 0.29) is 24.0 Å². The summed E-state index contributed by atoms with van der Waals surface area (Å²) < 4.78 is 10.6. The molecule has 2 N–H and O–H groups in total. The zero-order chi connectivity index (χ0) is 20.6. The van der Waals surface area contributed by atoms with Gasteiger partial charge in [0, 0.05) is 43.7 Å². The smallest absolute Gasteiger partial charge is 0.226 e. The van der Waals surface area contributed by atoms with Crippen LogP contribution in [0.4, 0.5) is 5.69 Å². The average molecular weight is 549 g/mol. The lowest BCUT2D eigenvalue weighted by molar-refractivity contribution is 0.372. The van der Waals surface area contributed by atoms with Crippen LogP contribution in [-0.2, 0) is 6.42 Å². The zero-order valence-electron chi connectivity index (χ0n) is 17.7. The lowest BCUT2D eigenvalue weighted by Gasteiger charge is -2.22. The van der Waals surface area contributed by atoms with Crippen molar-refractivity contribution in [1.29, 1.82) is 0 Å². The Morgan fingerprint density at radius 2 is 2.27 bits per heavy atom. The van der Waals surface area contributed by atoms with E-state index in [2.05, 4.69) is 37.6 Å². The van der Waals surface area contributed by atoms with Gasteiger partial charge in [0.25, 0.3) is 0 Å². The number of hydrogen-bond acceptors (Lipinski definition) is 6. The van der Waals surface area contributed by atoms with Crippen LogP contribution in [0.3, 0.4) is 0 Å². The van der Waals surface area contributed by atoms with Crippen LogP contribution in [0.1, 0.15) is 31.5 Å². The van der Waals surface area contributed by atoms with Crippen molar-refractivity contribution in [2.24, 2.45) is 4.99 Å². The number of aromatic nitrogens is 2. The second-order valence-electron chi connectivity index (χ2n) is 6.99. The SMILES string of the molecule is CCNC(=NCCCc1nc(C)no1)NC1CCN(c2cc(Cl)ccc2OC)C1.I. The fourth-order valence-electron chi connectivity index (χ4n) is 3.38. The zero-order valence-corrected chi connectivity index (χ0v) is 20.7. The minimum absolute atomic E-state index is 0. The van der Waals surface area contributed by atoms with Crippen LogP contribution >= 0.6 is 35.6 Å². The number of rotatable bonds is 8. The van der Waals surface area contributed by atoms with Gasteiger partial charge in [0.1, 0.15) is 5.75 Å². The molecule has 1 aromatic heterocycles. The molecule has 1 aliphatic heterocycles. The number of aryl methyl sites for hydroxylation is 2. The summed E-state index contributed by atoms with van der Waals surface area (Å²) in [4.78, 5) is 11.2. The molecule has 0 saturated carbocycles. The largest absolute Gasteiger partial charge is 0.495 e. The molecule has 1 fully saturated rings. The molecule has 10 heteroatoms. The highest BCUT2D eigenvalue weighted by atomic mass is 127. The molecule has 1 aliphatic rings. The lowest BCUT2D eigenvalue weighted by Crippen LogP contribution is -2.44. The summed E-state index contributed by atoms with van der Waals surface area (Å²) >= 11 is 6.19. The van der Waals surface area contributed by atoms with Crippen LogP contribution in [-0.4, -0.2) is 55.4 Å². The van der Waals surface area contributed by atoms with E-state index in [0.717, 1.165) is 56.3 Å². The maximum Gasteiger partial charge on any atom is 0.226 e. The summed E-state index contributed by atoms with van der Waals surface area (Å²) in [6.45, 7) is 7.19. The second-order valence-corrected chi connectivity index (χ2v) is 7.43. The van der Waals surface area contributed by atoms with Gasteiger partial charge in [-0.2, -0.15) is 4.98 Å². The lowest BCUT2D eigenvalue weighted by atomic mass is 10.2. The number of guanidine groups is 1. The van der Waals surface area contributed by atoms with Gasteiger partial charge in [-0.25, -0.2) is 0 Å². The van der Waals surface area contributed by atoms with E-state index >= 15 is 0 Å². The van der Waals surface area contributed by atoms with Crippen molar-refractivity contribution in [3.63, 3.8) is 0 Å². The number of benzene rings is 1. The average Bonchev–Trinajstić information content (AvgIpc) is 3.34. The van der Waals surface area contributed by atoms with Gasteiger partial charge in [0.15, 0.2) is 11.8 Å². The van der Waals surface area contributed by atoms with Crippen molar-refractivity contribution in [3.05, 3.63) is 34.9 Å².